The van der Waals surface area contributed by atoms with Crippen molar-refractivity contribution < 1.29 is 31.3 Å². The van der Waals surface area contributed by atoms with E-state index in [4.69, 9.17) is 38.4 Å². The van der Waals surface area contributed by atoms with E-state index in [-0.39, 0.29) is 31.9 Å². The molecule has 0 aromatic heterocycles. The Morgan fingerprint density at radius 3 is 1.56 bits per heavy atom. The van der Waals surface area contributed by atoms with Crippen LogP contribution >= 0.6 is 23.2 Å². The lowest BCUT2D eigenvalue weighted by atomic mass is 9.85. The summed E-state index contributed by atoms with van der Waals surface area (Å²) in [4.78, 5) is 0.356. The highest BCUT2D eigenvalue weighted by molar-refractivity contribution is 7.89. The quantitative estimate of drug-likeness (QED) is 0.366. The molecule has 0 bridgehead atoms. The Hall–Kier alpha value is -1.62. The summed E-state index contributed by atoms with van der Waals surface area (Å²) in [5, 5.41) is 12.9. The molecule has 41 heavy (non-hydrogen) atoms. The van der Waals surface area contributed by atoms with E-state index in [1.54, 1.807) is 19.0 Å². The lowest BCUT2D eigenvalue weighted by Crippen LogP contribution is -2.48. The van der Waals surface area contributed by atoms with Gasteiger partial charge in [0.2, 0.25) is 20.0 Å². The molecule has 0 amide bonds. The van der Waals surface area contributed by atoms with Crippen LogP contribution in [0, 0.1) is 0 Å². The average Bonchev–Trinajstić information content (AvgIpc) is 2.93. The van der Waals surface area contributed by atoms with Crippen molar-refractivity contribution in [1.82, 2.24) is 13.8 Å². The van der Waals surface area contributed by atoms with E-state index in [2.05, 4.69) is 5.23 Å². The maximum atomic E-state index is 12.6. The van der Waals surface area contributed by atoms with E-state index in [0.29, 0.717) is 63.4 Å². The number of nitrogens with one attached hydrogen (secondary N) is 1. The highest BCUT2D eigenvalue weighted by atomic mass is 35.5. The molecule has 4 N–H and O–H groups in total. The number of hydrogen-bond acceptors (Lipinski definition) is 9. The maximum Gasteiger partial charge on any atom is 0.373 e. The number of methoxy groups -OCH3 is 2. The van der Waals surface area contributed by atoms with Crippen LogP contribution in [0.4, 0.5) is 0 Å². The van der Waals surface area contributed by atoms with Crippen LogP contribution in [-0.2, 0) is 20.0 Å². The number of nitrogens with zero attached hydrogens (tertiary/aromatic N) is 2. The minimum atomic E-state index is -3.56. The summed E-state index contributed by atoms with van der Waals surface area (Å²) in [6.07, 6.45) is 2.69. The molecule has 2 aromatic carbocycles. The van der Waals surface area contributed by atoms with E-state index < -0.39 is 27.1 Å². The fourth-order valence-corrected chi connectivity index (χ4v) is 8.27. The van der Waals surface area contributed by atoms with Crippen LogP contribution in [0.25, 0.3) is 0 Å². The third-order valence-electron chi connectivity index (χ3n) is 6.95. The van der Waals surface area contributed by atoms with Gasteiger partial charge in [0.1, 0.15) is 11.5 Å². The van der Waals surface area contributed by atoms with Crippen LogP contribution in [0.3, 0.4) is 0 Å². The molecule has 4 rings (SSSR count). The molecular formula is C25H37BCl2N4O7S2. The van der Waals surface area contributed by atoms with Crippen molar-refractivity contribution in [3.05, 3.63) is 46.4 Å². The molecule has 0 saturated carbocycles. The molecule has 0 atom stereocenters. The van der Waals surface area contributed by atoms with Gasteiger partial charge in [-0.05, 0) is 68.9 Å². The molecule has 2 aliphatic heterocycles. The second-order valence-electron chi connectivity index (χ2n) is 9.86. The minimum absolute atomic E-state index is 0.0888. The Balaban J connectivity index is 0.000000228. The zero-order valence-electron chi connectivity index (χ0n) is 23.3. The molecule has 0 aliphatic carbocycles. The van der Waals surface area contributed by atoms with Crippen molar-refractivity contribution >= 4 is 50.3 Å². The smallest absolute Gasteiger partial charge is 0.373 e. The molecule has 11 nitrogen and oxygen atoms in total. The first-order valence-corrected chi connectivity index (χ1v) is 16.8. The molecular weight excluding hydrogens is 614 g/mol. The van der Waals surface area contributed by atoms with Gasteiger partial charge in [0.05, 0.1) is 34.1 Å². The number of hydrogen-bond donors (Lipinski definition) is 3. The van der Waals surface area contributed by atoms with E-state index >= 15 is 0 Å². The third-order valence-corrected chi connectivity index (χ3v) is 11.3. The van der Waals surface area contributed by atoms with Crippen LogP contribution in [-0.4, -0.2) is 90.0 Å². The predicted molar refractivity (Wildman–Crippen MR) is 161 cm³/mol. The van der Waals surface area contributed by atoms with Gasteiger partial charge >= 0.3 is 7.05 Å². The van der Waals surface area contributed by atoms with Crippen LogP contribution < -0.4 is 20.4 Å². The molecule has 228 valence electrons. The second-order valence-corrected chi connectivity index (χ2v) is 14.5. The Bertz CT molecular complexity index is 1380. The van der Waals surface area contributed by atoms with Crippen molar-refractivity contribution in [1.29, 1.82) is 0 Å². The number of piperidine rings is 2. The molecule has 2 fully saturated rings. The summed E-state index contributed by atoms with van der Waals surface area (Å²) >= 11 is 12.0. The number of ether oxygens (including phenoxy) is 2. The molecule has 0 unspecified atom stereocenters. The molecule has 0 radical (unpaired) electrons. The number of nitrogens with two attached hydrogens (primary N) is 1. The fourth-order valence-electron chi connectivity index (χ4n) is 4.63. The van der Waals surface area contributed by atoms with Gasteiger partial charge < -0.3 is 25.5 Å². The molecule has 16 heteroatoms. The number of halogens is 2. The second kappa shape index (κ2) is 14.7. The molecule has 0 spiro atoms. The Morgan fingerprint density at radius 1 is 0.829 bits per heavy atom. The minimum Gasteiger partial charge on any atom is -0.495 e. The monoisotopic (exact) mass is 650 g/mol. The van der Waals surface area contributed by atoms with Gasteiger partial charge in [-0.15, -0.1) is 0 Å². The first-order chi connectivity index (χ1) is 19.3. The first kappa shape index (κ1) is 33.9. The zero-order valence-corrected chi connectivity index (χ0v) is 26.4. The van der Waals surface area contributed by atoms with E-state index in [9.17, 15) is 21.9 Å². The summed E-state index contributed by atoms with van der Waals surface area (Å²) in [6.45, 7) is 3.38. The zero-order chi connectivity index (χ0) is 30.4. The topological polar surface area (TPSA) is 151 Å². The van der Waals surface area contributed by atoms with E-state index in [1.807, 2.05) is 0 Å². The predicted octanol–water partition coefficient (Wildman–Crippen LogP) is 2.66. The number of sulfonamides is 2. The van der Waals surface area contributed by atoms with E-state index in [1.165, 1.54) is 47.1 Å². The van der Waals surface area contributed by atoms with E-state index in [0.717, 1.165) is 0 Å². The van der Waals surface area contributed by atoms with Crippen molar-refractivity contribution in [3.63, 3.8) is 0 Å². The van der Waals surface area contributed by atoms with Gasteiger partial charge in [-0.3, -0.25) is 0 Å². The first-order valence-electron chi connectivity index (χ1n) is 13.2. The Labute approximate surface area is 253 Å². The van der Waals surface area contributed by atoms with Gasteiger partial charge in [-0.25, -0.2) is 16.8 Å². The van der Waals surface area contributed by atoms with Gasteiger partial charge in [-0.1, -0.05) is 23.2 Å². The highest BCUT2D eigenvalue weighted by Gasteiger charge is 2.31. The van der Waals surface area contributed by atoms with Crippen molar-refractivity contribution in [2.75, 3.05) is 40.4 Å². The highest BCUT2D eigenvalue weighted by Crippen LogP contribution is 2.30. The fraction of sp³-hybridized carbons (Fsp3) is 0.520. The van der Waals surface area contributed by atoms with Crippen molar-refractivity contribution in [3.8, 4) is 11.5 Å². The van der Waals surface area contributed by atoms with Gasteiger partial charge in [0.15, 0.2) is 0 Å². The van der Waals surface area contributed by atoms with Crippen LogP contribution in [0.1, 0.15) is 25.7 Å². The van der Waals surface area contributed by atoms with Crippen LogP contribution in [0.15, 0.2) is 46.2 Å². The maximum absolute atomic E-state index is 12.6. The Kier molecular flexibility index (Phi) is 12.2. The normalized spacial score (nSPS) is 17.9. The third kappa shape index (κ3) is 8.71. The summed E-state index contributed by atoms with van der Waals surface area (Å²) < 4.78 is 63.1. The van der Waals surface area contributed by atoms with Gasteiger partial charge in [0.25, 0.3) is 0 Å². The van der Waals surface area contributed by atoms with Crippen LogP contribution in [0.5, 0.6) is 11.5 Å². The average molecular weight is 651 g/mol. The lowest BCUT2D eigenvalue weighted by Gasteiger charge is -2.32. The SMILES string of the molecule is COc1ccc(S(=O)(=O)N2CCC(N)CC2)cc1Cl.COc1ccc(S(=O)(=O)N2CCC(NB(C)O)CC2)cc1Cl. The van der Waals surface area contributed by atoms with Crippen LogP contribution in [0.2, 0.25) is 16.9 Å². The molecule has 2 aromatic rings. The number of benzene rings is 2. The van der Waals surface area contributed by atoms with Crippen molar-refractivity contribution in [2.24, 2.45) is 5.73 Å². The van der Waals surface area contributed by atoms with Gasteiger partial charge in [0, 0.05) is 38.3 Å². The number of rotatable bonds is 8. The Morgan fingerprint density at radius 2 is 1.22 bits per heavy atom. The van der Waals surface area contributed by atoms with Crippen molar-refractivity contribution in [2.45, 2.75) is 54.4 Å². The summed E-state index contributed by atoms with van der Waals surface area (Å²) in [6, 6.07) is 9.17. The summed E-state index contributed by atoms with van der Waals surface area (Å²) in [7, 11) is -4.67. The summed E-state index contributed by atoms with van der Waals surface area (Å²) in [5.74, 6) is 0.904. The molecule has 2 aliphatic rings. The molecule has 2 saturated heterocycles. The lowest BCUT2D eigenvalue weighted by molar-refractivity contribution is 0.303. The largest absolute Gasteiger partial charge is 0.495 e. The van der Waals surface area contributed by atoms with Gasteiger partial charge in [-0.2, -0.15) is 8.61 Å². The standard InChI is InChI=1S/C13H20BClN2O4S.C12H17ClN2O3S/c1-14(18)16-10-5-7-17(8-6-10)22(19,20)11-3-4-13(21-2)12(15)9-11;1-18-12-3-2-10(8-11(12)13)19(16,17)15-6-4-9(14)5-7-15/h3-4,9-10,16,18H,5-8H2,1-2H3;2-3,8-9H,4-7,14H2,1H3. The summed E-state index contributed by atoms with van der Waals surface area (Å²) in [5.41, 5.74) is 5.78. The molecule has 2 heterocycles.